The number of nitrogens with one attached hydrogen (secondary N) is 6. The quantitative estimate of drug-likeness (QED) is 0.0174. The average molecular weight is 1240 g/mol. The lowest BCUT2D eigenvalue weighted by Gasteiger charge is -2.38. The van der Waals surface area contributed by atoms with Crippen LogP contribution in [0, 0.1) is 17.8 Å². The van der Waals surface area contributed by atoms with E-state index in [2.05, 4.69) is 36.9 Å². The lowest BCUT2D eigenvalue weighted by molar-refractivity contribution is -0.149. The summed E-state index contributed by atoms with van der Waals surface area (Å²) in [7, 11) is 5.22. The first kappa shape index (κ1) is 73.8. The maximum Gasteiger partial charge on any atom is 0.407 e. The van der Waals surface area contributed by atoms with Crippen LogP contribution in [0.15, 0.2) is 35.7 Å². The van der Waals surface area contributed by atoms with E-state index in [0.717, 1.165) is 28.4 Å². The van der Waals surface area contributed by atoms with Gasteiger partial charge in [0.05, 0.1) is 17.1 Å². The molecule has 0 saturated carbocycles. The number of aryl methyl sites for hydroxylation is 1. The summed E-state index contributed by atoms with van der Waals surface area (Å²) in [6.07, 6.45) is 3.32. The Bertz CT molecular complexity index is 2740. The topological polar surface area (TPSA) is 341 Å². The van der Waals surface area contributed by atoms with Gasteiger partial charge in [0.1, 0.15) is 34.1 Å². The van der Waals surface area contributed by atoms with Crippen molar-refractivity contribution in [2.24, 2.45) is 17.8 Å². The number of nitrogens with zero attached hydrogens (tertiary/aromatic N) is 4. The molecule has 25 nitrogen and oxygen atoms in total. The number of aromatic nitrogens is 1. The average Bonchev–Trinajstić information content (AvgIpc) is 2.57. The second-order valence-corrected chi connectivity index (χ2v) is 25.1. The normalized spacial score (nSPS) is 14.9. The molecule has 3 rings (SSSR count). The van der Waals surface area contributed by atoms with Crippen LogP contribution >= 0.6 is 11.3 Å². The van der Waals surface area contributed by atoms with E-state index in [9.17, 15) is 63.0 Å². The molecule has 9 amide bonds. The first-order chi connectivity index (χ1) is 40.6. The van der Waals surface area contributed by atoms with E-state index in [1.165, 1.54) is 25.3 Å². The third-order valence-corrected chi connectivity index (χ3v) is 16.1. The zero-order valence-electron chi connectivity index (χ0n) is 53.1. The Kier molecular flexibility index (Phi) is 29.5. The monoisotopic (exact) mass is 1240 g/mol. The number of phenols is 1. The Labute approximate surface area is 515 Å². The molecule has 0 aliphatic carbocycles. The number of benzene rings is 1. The van der Waals surface area contributed by atoms with Gasteiger partial charge in [-0.05, 0) is 130 Å². The van der Waals surface area contributed by atoms with Crippen molar-refractivity contribution in [2.45, 2.75) is 195 Å². The Hall–Kier alpha value is -7.48. The maximum atomic E-state index is 14.3. The Morgan fingerprint density at radius 2 is 1.45 bits per heavy atom. The number of carboxylic acid groups (broad SMARTS) is 1. The molecule has 7 atom stereocenters. The highest BCUT2D eigenvalue weighted by atomic mass is 32.1. The number of esters is 1. The van der Waals surface area contributed by atoms with Crippen LogP contribution in [-0.2, 0) is 59.0 Å². The fourth-order valence-electron chi connectivity index (χ4n) is 9.20. The molecule has 0 spiro atoms. The van der Waals surface area contributed by atoms with Gasteiger partial charge in [-0.15, -0.1) is 11.3 Å². The predicted octanol–water partition coefficient (Wildman–Crippen LogP) is 5.76. The summed E-state index contributed by atoms with van der Waals surface area (Å²) >= 11 is 1.09. The van der Waals surface area contributed by atoms with Crippen LogP contribution in [0.25, 0.3) is 0 Å². The van der Waals surface area contributed by atoms with Gasteiger partial charge < -0.3 is 56.5 Å². The molecule has 87 heavy (non-hydrogen) atoms. The number of phenolic OH excluding ortho intramolecular Hbond substituents is 1. The first-order valence-electron chi connectivity index (χ1n) is 29.8. The van der Waals surface area contributed by atoms with Gasteiger partial charge in [-0.3, -0.25) is 57.7 Å². The van der Waals surface area contributed by atoms with Gasteiger partial charge >= 0.3 is 18.0 Å². The third-order valence-electron chi connectivity index (χ3n) is 15.2. The number of amides is 9. The van der Waals surface area contributed by atoms with Crippen molar-refractivity contribution in [3.8, 4) is 5.75 Å². The molecule has 1 unspecified atom stereocenters. The van der Waals surface area contributed by atoms with Crippen molar-refractivity contribution in [2.75, 3.05) is 46.1 Å². The van der Waals surface area contributed by atoms with Crippen LogP contribution in [0.1, 0.15) is 174 Å². The zero-order chi connectivity index (χ0) is 65.5. The van der Waals surface area contributed by atoms with Crippen molar-refractivity contribution in [1.82, 2.24) is 46.3 Å². The summed E-state index contributed by atoms with van der Waals surface area (Å²) in [5.41, 5.74) is -0.859. The molecule has 484 valence electrons. The number of thiazole rings is 1. The number of hydrogen-bond acceptors (Lipinski definition) is 17. The highest BCUT2D eigenvalue weighted by Crippen LogP contribution is 2.32. The van der Waals surface area contributed by atoms with E-state index < -0.39 is 101 Å². The number of carbonyl (C=O) groups is 11. The van der Waals surface area contributed by atoms with Gasteiger partial charge in [-0.2, -0.15) is 0 Å². The van der Waals surface area contributed by atoms with Crippen LogP contribution in [0.4, 0.5) is 10.5 Å². The van der Waals surface area contributed by atoms with Crippen molar-refractivity contribution in [3.63, 3.8) is 0 Å². The lowest BCUT2D eigenvalue weighted by Crippen LogP contribution is -2.60. The first-order valence-corrected chi connectivity index (χ1v) is 30.6. The van der Waals surface area contributed by atoms with Gasteiger partial charge in [0.25, 0.3) is 17.7 Å². The van der Waals surface area contributed by atoms with Crippen LogP contribution in [-0.4, -0.2) is 171 Å². The smallest absolute Gasteiger partial charge is 0.407 e. The molecule has 0 saturated heterocycles. The molecule has 2 aromatic rings. The van der Waals surface area contributed by atoms with Crippen molar-refractivity contribution < 1.29 is 72.4 Å². The van der Waals surface area contributed by atoms with E-state index in [0.29, 0.717) is 29.8 Å². The molecule has 1 aromatic heterocycles. The standard InChI is InChI=1S/C61H94N10O15S/c1-15-37(4)52(68-58(83)61(10,11)69(12)13)56(80)70(14)45(36(2)3)34-47(85-39(6)72)55-67-44(35-87-55)54(79)64-41(32-38(5)57(81)82)25-23-40-24-26-46(73)43(33-40)66-48(74)21-18-30-62-53(78)42(20-16-17-29-63-59(84)86-60(7,8)9)65-49(75)22-19-31-71-50(76)27-28-51(71)77/h24,26-28,33,35-38,41-42,45,47,52,73H,15-23,25,29-32,34H2,1-14H3,(H,62,78)(H,63,84)(H,64,79)(H,65,75)(H,66,74)(H,68,83)(H,81,82)/t37-,38?,41-,42-,45+,47+,52-/m0/s1. The second-order valence-electron chi connectivity index (χ2n) is 24.2. The van der Waals surface area contributed by atoms with Crippen LogP contribution in [0.2, 0.25) is 0 Å². The van der Waals surface area contributed by atoms with E-state index in [1.807, 2.05) is 27.7 Å². The van der Waals surface area contributed by atoms with Crippen molar-refractivity contribution in [1.29, 1.82) is 0 Å². The lowest BCUT2D eigenvalue weighted by atomic mass is 9.92. The van der Waals surface area contributed by atoms with Gasteiger partial charge in [-0.1, -0.05) is 47.1 Å². The maximum absolute atomic E-state index is 14.3. The van der Waals surface area contributed by atoms with Gasteiger partial charge in [0.15, 0.2) is 6.10 Å². The Morgan fingerprint density at radius 3 is 2.05 bits per heavy atom. The van der Waals surface area contributed by atoms with Crippen LogP contribution in [0.3, 0.4) is 0 Å². The van der Waals surface area contributed by atoms with Crippen molar-refractivity contribution in [3.05, 3.63) is 52.0 Å². The number of aliphatic carboxylic acids is 1. The van der Waals surface area contributed by atoms with E-state index in [1.54, 1.807) is 77.7 Å². The third kappa shape index (κ3) is 24.7. The summed E-state index contributed by atoms with van der Waals surface area (Å²) in [6.45, 7) is 19.5. The summed E-state index contributed by atoms with van der Waals surface area (Å²) in [5.74, 6) is -6.78. The number of likely N-dealkylation sites (N-methyl/N-ethyl adjacent to an activating group) is 2. The molecule has 1 aromatic carbocycles. The number of alkyl carbamates (subject to hydrolysis) is 1. The van der Waals surface area contributed by atoms with Crippen LogP contribution in [0.5, 0.6) is 5.75 Å². The molecule has 8 N–H and O–H groups in total. The number of hydrogen-bond donors (Lipinski definition) is 8. The summed E-state index contributed by atoms with van der Waals surface area (Å²) < 4.78 is 11.1. The number of unbranched alkanes of at least 4 members (excludes halogenated alkanes) is 1. The molecular formula is C61H94N10O15S. The molecule has 0 bridgehead atoms. The molecule has 1 aliphatic heterocycles. The number of imide groups is 1. The summed E-state index contributed by atoms with van der Waals surface area (Å²) in [4.78, 5) is 151. The highest BCUT2D eigenvalue weighted by molar-refractivity contribution is 7.09. The minimum atomic E-state index is -1.08. The predicted molar refractivity (Wildman–Crippen MR) is 327 cm³/mol. The fraction of sp³-hybridized carbons (Fsp3) is 0.639. The number of ether oxygens (including phenoxy) is 2. The molecule has 0 fully saturated rings. The Balaban J connectivity index is 1.67. The van der Waals surface area contributed by atoms with Crippen molar-refractivity contribution >= 4 is 82.3 Å². The van der Waals surface area contributed by atoms with Gasteiger partial charge in [0.2, 0.25) is 29.5 Å². The molecule has 2 heterocycles. The Morgan fingerprint density at radius 1 is 0.805 bits per heavy atom. The second kappa shape index (κ2) is 34.8. The van der Waals surface area contributed by atoms with Crippen LogP contribution < -0.4 is 31.9 Å². The summed E-state index contributed by atoms with van der Waals surface area (Å²) in [6, 6.07) is 1.56. The number of aromatic hydroxyl groups is 1. The van der Waals surface area contributed by atoms with E-state index in [-0.39, 0.29) is 118 Å². The SMILES string of the molecule is CC[C@H](C)[C@H](NC(=O)C(C)(C)N(C)C)C(=O)N(C)[C@H](C[C@@H](OC(C)=O)c1nc(C(=O)N[C@@H](CCc2ccc(O)c(NC(=O)CCCNC(=O)[C@H](CCCCNC(=O)OC(C)(C)C)NC(=O)CCCN3C(=O)C=CC3=O)c2)CC(C)C(=O)O)cs1)C(C)C. The van der Waals surface area contributed by atoms with E-state index in [4.69, 9.17) is 9.47 Å². The number of carbonyl (C=O) groups excluding carboxylic acids is 10. The number of rotatable bonds is 36. The number of carboxylic acids is 1. The minimum absolute atomic E-state index is 0.00568. The fourth-order valence-corrected chi connectivity index (χ4v) is 10.0. The molecular weight excluding hydrogens is 1140 g/mol. The largest absolute Gasteiger partial charge is 0.506 e. The van der Waals surface area contributed by atoms with Gasteiger partial charge in [0, 0.05) is 82.5 Å². The molecule has 0 radical (unpaired) electrons. The zero-order valence-corrected chi connectivity index (χ0v) is 53.9. The van der Waals surface area contributed by atoms with Gasteiger partial charge in [-0.25, -0.2) is 9.78 Å². The minimum Gasteiger partial charge on any atom is -0.506 e. The number of anilines is 1. The molecule has 1 aliphatic rings. The highest BCUT2D eigenvalue weighted by Gasteiger charge is 2.39. The summed E-state index contributed by atoms with van der Waals surface area (Å²) in [5, 5.41) is 39.2. The molecule has 26 heteroatoms. The van der Waals surface area contributed by atoms with E-state index >= 15 is 0 Å².